The molecule has 92 valence electrons. The number of carbonyl (C=O) groups excluding carboxylic acids is 1. The predicted molar refractivity (Wildman–Crippen MR) is 63.4 cm³/mol. The highest BCUT2D eigenvalue weighted by atomic mass is 16.5. The topological polar surface area (TPSA) is 29.5 Å². The van der Waals surface area contributed by atoms with E-state index in [1.54, 1.807) is 0 Å². The van der Waals surface area contributed by atoms with E-state index >= 15 is 0 Å². The van der Waals surface area contributed by atoms with Crippen molar-refractivity contribution in [3.05, 3.63) is 0 Å². The van der Waals surface area contributed by atoms with Crippen LogP contribution in [0.5, 0.6) is 0 Å². The fourth-order valence-electron chi connectivity index (χ4n) is 2.81. The lowest BCUT2D eigenvalue weighted by molar-refractivity contribution is -0.125. The first-order chi connectivity index (χ1) is 7.75. The number of Topliss-reactive ketones (excluding diaryl/α,β-unsaturated/α-hetero) is 1. The first-order valence-corrected chi connectivity index (χ1v) is 6.62. The molecule has 2 aliphatic rings. The molecule has 2 rings (SSSR count). The van der Waals surface area contributed by atoms with Gasteiger partial charge in [0.05, 0.1) is 6.10 Å². The average Bonchev–Trinajstić information content (AvgIpc) is 2.46. The minimum atomic E-state index is 0.305. The number of hydrogen-bond donors (Lipinski definition) is 0. The zero-order chi connectivity index (χ0) is 11.4. The van der Waals surface area contributed by atoms with E-state index in [4.69, 9.17) is 4.74 Å². The third-order valence-corrected chi connectivity index (χ3v) is 3.70. The molecule has 3 nitrogen and oxygen atoms in total. The standard InChI is InChI=1S/C13H23NO2/c1-11-9-14(7-4-8-16-11)10-12-5-2-3-6-13(12)15/h11-12H,2-10H2,1H3. The van der Waals surface area contributed by atoms with Crippen LogP contribution in [0.4, 0.5) is 0 Å². The van der Waals surface area contributed by atoms with Gasteiger partial charge in [0, 0.05) is 38.6 Å². The van der Waals surface area contributed by atoms with Gasteiger partial charge in [-0.25, -0.2) is 0 Å². The number of ether oxygens (including phenoxy) is 1. The monoisotopic (exact) mass is 225 g/mol. The summed E-state index contributed by atoms with van der Waals surface area (Å²) in [6.07, 6.45) is 5.67. The van der Waals surface area contributed by atoms with Crippen molar-refractivity contribution in [3.63, 3.8) is 0 Å². The highest BCUT2D eigenvalue weighted by molar-refractivity contribution is 5.81. The van der Waals surface area contributed by atoms with Crippen LogP contribution in [0.3, 0.4) is 0 Å². The van der Waals surface area contributed by atoms with Crippen LogP contribution in [0.25, 0.3) is 0 Å². The van der Waals surface area contributed by atoms with Crippen LogP contribution in [0, 0.1) is 5.92 Å². The van der Waals surface area contributed by atoms with Crippen LogP contribution in [0.2, 0.25) is 0 Å². The summed E-state index contributed by atoms with van der Waals surface area (Å²) >= 11 is 0. The molecule has 0 amide bonds. The zero-order valence-electron chi connectivity index (χ0n) is 10.3. The molecule has 1 aliphatic heterocycles. The summed E-state index contributed by atoms with van der Waals surface area (Å²) in [4.78, 5) is 14.2. The smallest absolute Gasteiger partial charge is 0.137 e. The summed E-state index contributed by atoms with van der Waals surface area (Å²) in [6.45, 7) is 6.04. The lowest BCUT2D eigenvalue weighted by Crippen LogP contribution is -2.38. The van der Waals surface area contributed by atoms with Crippen LogP contribution >= 0.6 is 0 Å². The Morgan fingerprint density at radius 3 is 3.06 bits per heavy atom. The highest BCUT2D eigenvalue weighted by Gasteiger charge is 2.25. The van der Waals surface area contributed by atoms with Gasteiger partial charge in [-0.3, -0.25) is 9.69 Å². The fraction of sp³-hybridized carbons (Fsp3) is 0.923. The van der Waals surface area contributed by atoms with Gasteiger partial charge in [0.2, 0.25) is 0 Å². The van der Waals surface area contributed by atoms with Gasteiger partial charge in [0.25, 0.3) is 0 Å². The third-order valence-electron chi connectivity index (χ3n) is 3.70. The summed E-state index contributed by atoms with van der Waals surface area (Å²) < 4.78 is 5.62. The van der Waals surface area contributed by atoms with Crippen molar-refractivity contribution in [2.45, 2.75) is 45.1 Å². The molecule has 3 heteroatoms. The van der Waals surface area contributed by atoms with E-state index in [1.165, 1.54) is 6.42 Å². The van der Waals surface area contributed by atoms with Gasteiger partial charge in [0.15, 0.2) is 0 Å². The molecule has 2 unspecified atom stereocenters. The first kappa shape index (κ1) is 12.1. The van der Waals surface area contributed by atoms with Crippen molar-refractivity contribution in [1.29, 1.82) is 0 Å². The Morgan fingerprint density at radius 2 is 2.25 bits per heavy atom. The average molecular weight is 225 g/mol. The van der Waals surface area contributed by atoms with E-state index in [2.05, 4.69) is 11.8 Å². The molecule has 1 aliphatic carbocycles. The largest absolute Gasteiger partial charge is 0.377 e. The normalized spacial score (nSPS) is 33.7. The van der Waals surface area contributed by atoms with Crippen molar-refractivity contribution in [2.24, 2.45) is 5.92 Å². The van der Waals surface area contributed by atoms with Gasteiger partial charge in [0.1, 0.15) is 5.78 Å². The summed E-state index contributed by atoms with van der Waals surface area (Å²) in [5, 5.41) is 0. The maximum Gasteiger partial charge on any atom is 0.137 e. The molecule has 0 bridgehead atoms. The second kappa shape index (κ2) is 5.78. The summed E-state index contributed by atoms with van der Waals surface area (Å²) in [6, 6.07) is 0. The summed E-state index contributed by atoms with van der Waals surface area (Å²) in [5.74, 6) is 0.795. The van der Waals surface area contributed by atoms with E-state index in [0.29, 0.717) is 17.8 Å². The van der Waals surface area contributed by atoms with Crippen molar-refractivity contribution in [1.82, 2.24) is 4.90 Å². The minimum Gasteiger partial charge on any atom is -0.377 e. The molecule has 2 atom stereocenters. The summed E-state index contributed by atoms with van der Waals surface area (Å²) in [7, 11) is 0. The number of rotatable bonds is 2. The van der Waals surface area contributed by atoms with Gasteiger partial charge >= 0.3 is 0 Å². The molecule has 0 N–H and O–H groups in total. The van der Waals surface area contributed by atoms with Crippen LogP contribution in [-0.2, 0) is 9.53 Å². The van der Waals surface area contributed by atoms with Gasteiger partial charge in [-0.15, -0.1) is 0 Å². The van der Waals surface area contributed by atoms with Crippen LogP contribution in [0.1, 0.15) is 39.0 Å². The Bertz CT molecular complexity index is 242. The Morgan fingerprint density at radius 1 is 1.38 bits per heavy atom. The molecule has 1 saturated heterocycles. The maximum absolute atomic E-state index is 11.8. The number of nitrogens with zero attached hydrogens (tertiary/aromatic N) is 1. The SMILES string of the molecule is CC1CN(CC2CCCCC2=O)CCCO1. The molecule has 2 fully saturated rings. The lowest BCUT2D eigenvalue weighted by Gasteiger charge is -2.28. The van der Waals surface area contributed by atoms with E-state index in [1.807, 2.05) is 0 Å². The Kier molecular flexibility index (Phi) is 4.36. The molecule has 0 radical (unpaired) electrons. The number of ketones is 1. The van der Waals surface area contributed by atoms with E-state index < -0.39 is 0 Å². The van der Waals surface area contributed by atoms with Crippen molar-refractivity contribution in [2.75, 3.05) is 26.2 Å². The molecule has 0 aromatic carbocycles. The minimum absolute atomic E-state index is 0.305. The predicted octanol–water partition coefficient (Wildman–Crippen LogP) is 1.86. The van der Waals surface area contributed by atoms with Crippen molar-refractivity contribution < 1.29 is 9.53 Å². The van der Waals surface area contributed by atoms with E-state index in [-0.39, 0.29) is 0 Å². The quantitative estimate of drug-likeness (QED) is 0.718. The van der Waals surface area contributed by atoms with Gasteiger partial charge in [-0.1, -0.05) is 6.42 Å². The van der Waals surface area contributed by atoms with Crippen LogP contribution < -0.4 is 0 Å². The van der Waals surface area contributed by atoms with E-state index in [0.717, 1.165) is 51.9 Å². The second-order valence-electron chi connectivity index (χ2n) is 5.20. The molecule has 16 heavy (non-hydrogen) atoms. The van der Waals surface area contributed by atoms with Gasteiger partial charge < -0.3 is 4.74 Å². The Hall–Kier alpha value is -0.410. The molecule has 1 saturated carbocycles. The first-order valence-electron chi connectivity index (χ1n) is 6.62. The van der Waals surface area contributed by atoms with Gasteiger partial charge in [-0.2, -0.15) is 0 Å². The molecule has 0 aromatic rings. The Balaban J connectivity index is 1.84. The number of hydrogen-bond acceptors (Lipinski definition) is 3. The van der Waals surface area contributed by atoms with Crippen molar-refractivity contribution >= 4 is 5.78 Å². The molecule has 0 spiro atoms. The second-order valence-corrected chi connectivity index (χ2v) is 5.20. The van der Waals surface area contributed by atoms with Crippen LogP contribution in [-0.4, -0.2) is 43.0 Å². The molecule has 1 heterocycles. The maximum atomic E-state index is 11.8. The van der Waals surface area contributed by atoms with Gasteiger partial charge in [-0.05, 0) is 26.2 Å². The molecular formula is C13H23NO2. The van der Waals surface area contributed by atoms with E-state index in [9.17, 15) is 4.79 Å². The van der Waals surface area contributed by atoms with Crippen LogP contribution in [0.15, 0.2) is 0 Å². The summed E-state index contributed by atoms with van der Waals surface area (Å²) in [5.41, 5.74) is 0. The zero-order valence-corrected chi connectivity index (χ0v) is 10.3. The fourth-order valence-corrected chi connectivity index (χ4v) is 2.81. The molecule has 0 aromatic heterocycles. The number of carbonyl (C=O) groups is 1. The lowest BCUT2D eigenvalue weighted by atomic mass is 9.87. The van der Waals surface area contributed by atoms with Crippen molar-refractivity contribution in [3.8, 4) is 0 Å². The molecular weight excluding hydrogens is 202 g/mol. The Labute approximate surface area is 98.1 Å². The third kappa shape index (κ3) is 3.29. The highest BCUT2D eigenvalue weighted by Crippen LogP contribution is 2.22.